The normalized spacial score (nSPS) is 10.7. The fourth-order valence-electron chi connectivity index (χ4n) is 2.06. The molecule has 0 aliphatic heterocycles. The predicted octanol–water partition coefficient (Wildman–Crippen LogP) is 2.05. The summed E-state index contributed by atoms with van der Waals surface area (Å²) >= 11 is 0. The van der Waals surface area contributed by atoms with Crippen LogP contribution in [0.2, 0.25) is 0 Å². The first-order valence-electron chi connectivity index (χ1n) is 7.80. The van der Waals surface area contributed by atoms with Gasteiger partial charge in [0, 0.05) is 24.9 Å². The summed E-state index contributed by atoms with van der Waals surface area (Å²) in [5.41, 5.74) is 0.841. The largest absolute Gasteiger partial charge is 0.461 e. The van der Waals surface area contributed by atoms with Crippen molar-refractivity contribution in [3.05, 3.63) is 36.1 Å². The molecule has 1 heterocycles. The second-order valence-corrected chi connectivity index (χ2v) is 5.81. The van der Waals surface area contributed by atoms with Gasteiger partial charge in [0.2, 0.25) is 5.91 Å². The van der Waals surface area contributed by atoms with Crippen LogP contribution in [-0.4, -0.2) is 31.6 Å². The smallest absolute Gasteiger partial charge is 0.315 e. The molecule has 2 aromatic rings. The van der Waals surface area contributed by atoms with Gasteiger partial charge in [0.15, 0.2) is 0 Å². The quantitative estimate of drug-likeness (QED) is 0.731. The molecule has 6 nitrogen and oxygen atoms in total. The molecule has 0 fully saturated rings. The first-order valence-corrected chi connectivity index (χ1v) is 7.80. The highest BCUT2D eigenvalue weighted by Gasteiger charge is 2.07. The first kappa shape index (κ1) is 16.9. The van der Waals surface area contributed by atoms with Gasteiger partial charge >= 0.3 is 6.03 Å². The minimum Gasteiger partial charge on any atom is -0.461 e. The van der Waals surface area contributed by atoms with Crippen LogP contribution in [0.15, 0.2) is 34.7 Å². The zero-order chi connectivity index (χ0) is 16.7. The SMILES string of the molecule is CC(C)CNC(=O)CNC(=O)NCCc1cc2ccccc2o1. The zero-order valence-corrected chi connectivity index (χ0v) is 13.5. The van der Waals surface area contributed by atoms with E-state index in [0.29, 0.717) is 25.4 Å². The number of nitrogens with one attached hydrogen (secondary N) is 3. The van der Waals surface area contributed by atoms with Crippen molar-refractivity contribution in [2.75, 3.05) is 19.6 Å². The maximum absolute atomic E-state index is 11.6. The molecule has 3 N–H and O–H groups in total. The summed E-state index contributed by atoms with van der Waals surface area (Å²) in [6.07, 6.45) is 0.599. The molecule has 0 bridgehead atoms. The van der Waals surface area contributed by atoms with E-state index in [0.717, 1.165) is 16.7 Å². The van der Waals surface area contributed by atoms with Gasteiger partial charge < -0.3 is 20.4 Å². The molecule has 1 aromatic heterocycles. The topological polar surface area (TPSA) is 83.4 Å². The molecule has 23 heavy (non-hydrogen) atoms. The van der Waals surface area contributed by atoms with Crippen molar-refractivity contribution in [3.8, 4) is 0 Å². The van der Waals surface area contributed by atoms with Gasteiger partial charge in [-0.3, -0.25) is 4.79 Å². The number of hydrogen-bond acceptors (Lipinski definition) is 3. The van der Waals surface area contributed by atoms with E-state index in [-0.39, 0.29) is 18.5 Å². The molecular formula is C17H23N3O3. The van der Waals surface area contributed by atoms with Crippen molar-refractivity contribution >= 4 is 22.9 Å². The van der Waals surface area contributed by atoms with Crippen molar-refractivity contribution < 1.29 is 14.0 Å². The van der Waals surface area contributed by atoms with Crippen LogP contribution in [0, 0.1) is 5.92 Å². The number of fused-ring (bicyclic) bond motifs is 1. The van der Waals surface area contributed by atoms with Crippen LogP contribution in [0.1, 0.15) is 19.6 Å². The molecule has 0 unspecified atom stereocenters. The third kappa shape index (κ3) is 5.65. The summed E-state index contributed by atoms with van der Waals surface area (Å²) in [5.74, 6) is 1.02. The number of para-hydroxylation sites is 1. The van der Waals surface area contributed by atoms with Crippen LogP contribution >= 0.6 is 0 Å². The number of carbonyl (C=O) groups is 2. The fourth-order valence-corrected chi connectivity index (χ4v) is 2.06. The molecule has 0 spiro atoms. The molecule has 0 aliphatic rings. The lowest BCUT2D eigenvalue weighted by Crippen LogP contribution is -2.43. The van der Waals surface area contributed by atoms with E-state index in [9.17, 15) is 9.59 Å². The van der Waals surface area contributed by atoms with Crippen molar-refractivity contribution in [1.29, 1.82) is 0 Å². The molecule has 124 valence electrons. The summed E-state index contributed by atoms with van der Waals surface area (Å²) in [6, 6.07) is 9.38. The minimum atomic E-state index is -0.360. The number of benzene rings is 1. The maximum Gasteiger partial charge on any atom is 0.315 e. The van der Waals surface area contributed by atoms with E-state index in [2.05, 4.69) is 16.0 Å². The Hall–Kier alpha value is -2.50. The Labute approximate surface area is 135 Å². The van der Waals surface area contributed by atoms with E-state index in [4.69, 9.17) is 4.42 Å². The molecule has 1 aromatic carbocycles. The number of hydrogen-bond donors (Lipinski definition) is 3. The molecular weight excluding hydrogens is 294 g/mol. The molecule has 2 rings (SSSR count). The third-order valence-corrected chi connectivity index (χ3v) is 3.25. The first-order chi connectivity index (χ1) is 11.0. The molecule has 0 radical (unpaired) electrons. The number of rotatable bonds is 7. The number of carbonyl (C=O) groups excluding carboxylic acids is 2. The van der Waals surface area contributed by atoms with Crippen molar-refractivity contribution in [3.63, 3.8) is 0 Å². The molecule has 0 saturated heterocycles. The Bertz CT molecular complexity index is 631. The zero-order valence-electron chi connectivity index (χ0n) is 13.5. The number of urea groups is 1. The monoisotopic (exact) mass is 317 g/mol. The van der Waals surface area contributed by atoms with Gasteiger partial charge in [-0.05, 0) is 18.1 Å². The number of amides is 3. The standard InChI is InChI=1S/C17H23N3O3/c1-12(2)10-19-16(21)11-20-17(22)18-8-7-14-9-13-5-3-4-6-15(13)23-14/h3-6,9,12H,7-8,10-11H2,1-2H3,(H,19,21)(H2,18,20,22). The van der Waals surface area contributed by atoms with E-state index in [1.165, 1.54) is 0 Å². The summed E-state index contributed by atoms with van der Waals surface area (Å²) in [6.45, 7) is 5.05. The Morgan fingerprint density at radius 3 is 2.65 bits per heavy atom. The average Bonchev–Trinajstić information content (AvgIpc) is 2.93. The Kier molecular flexibility index (Phi) is 6.02. The minimum absolute atomic E-state index is 0.0246. The van der Waals surface area contributed by atoms with Crippen LogP contribution in [0.25, 0.3) is 11.0 Å². The maximum atomic E-state index is 11.6. The highest BCUT2D eigenvalue weighted by Crippen LogP contribution is 2.18. The van der Waals surface area contributed by atoms with Crippen LogP contribution in [0.3, 0.4) is 0 Å². The molecule has 6 heteroatoms. The van der Waals surface area contributed by atoms with E-state index in [1.54, 1.807) is 0 Å². The van der Waals surface area contributed by atoms with Crippen LogP contribution < -0.4 is 16.0 Å². The molecule has 0 saturated carbocycles. The van der Waals surface area contributed by atoms with Gasteiger partial charge in [-0.25, -0.2) is 4.79 Å². The van der Waals surface area contributed by atoms with Gasteiger partial charge in [0.25, 0.3) is 0 Å². The van der Waals surface area contributed by atoms with E-state index in [1.807, 2.05) is 44.2 Å². The Morgan fingerprint density at radius 2 is 1.91 bits per heavy atom. The highest BCUT2D eigenvalue weighted by atomic mass is 16.3. The van der Waals surface area contributed by atoms with Gasteiger partial charge in [0.1, 0.15) is 11.3 Å². The van der Waals surface area contributed by atoms with Gasteiger partial charge in [-0.2, -0.15) is 0 Å². The highest BCUT2D eigenvalue weighted by molar-refractivity contribution is 5.83. The summed E-state index contributed by atoms with van der Waals surface area (Å²) in [4.78, 5) is 23.1. The number of furan rings is 1. The van der Waals surface area contributed by atoms with Crippen LogP contribution in [0.4, 0.5) is 4.79 Å². The van der Waals surface area contributed by atoms with Crippen molar-refractivity contribution in [2.45, 2.75) is 20.3 Å². The summed E-state index contributed by atoms with van der Waals surface area (Å²) < 4.78 is 5.67. The molecule has 0 atom stereocenters. The average molecular weight is 317 g/mol. The van der Waals surface area contributed by atoms with Gasteiger partial charge in [-0.1, -0.05) is 32.0 Å². The summed E-state index contributed by atoms with van der Waals surface area (Å²) in [5, 5.41) is 9.02. The second kappa shape index (κ2) is 8.22. The lowest BCUT2D eigenvalue weighted by molar-refractivity contribution is -0.120. The van der Waals surface area contributed by atoms with E-state index >= 15 is 0 Å². The molecule has 3 amide bonds. The van der Waals surface area contributed by atoms with Gasteiger partial charge in [-0.15, -0.1) is 0 Å². The van der Waals surface area contributed by atoms with E-state index < -0.39 is 0 Å². The fraction of sp³-hybridized carbons (Fsp3) is 0.412. The second-order valence-electron chi connectivity index (χ2n) is 5.81. The predicted molar refractivity (Wildman–Crippen MR) is 89.2 cm³/mol. The summed E-state index contributed by atoms with van der Waals surface area (Å²) in [7, 11) is 0. The van der Waals surface area contributed by atoms with Crippen LogP contribution in [-0.2, 0) is 11.2 Å². The lowest BCUT2D eigenvalue weighted by Gasteiger charge is -2.09. The van der Waals surface area contributed by atoms with Crippen molar-refractivity contribution in [1.82, 2.24) is 16.0 Å². The van der Waals surface area contributed by atoms with Crippen LogP contribution in [0.5, 0.6) is 0 Å². The Balaban J connectivity index is 1.65. The van der Waals surface area contributed by atoms with Gasteiger partial charge in [0.05, 0.1) is 6.54 Å². The van der Waals surface area contributed by atoms with Crippen molar-refractivity contribution in [2.24, 2.45) is 5.92 Å². The third-order valence-electron chi connectivity index (χ3n) is 3.25. The lowest BCUT2D eigenvalue weighted by atomic mass is 10.2. The Morgan fingerprint density at radius 1 is 1.13 bits per heavy atom. The molecule has 0 aliphatic carbocycles.